The first kappa shape index (κ1) is 16.9. The minimum Gasteiger partial charge on any atom is -0.343 e. The summed E-state index contributed by atoms with van der Waals surface area (Å²) in [6, 6.07) is 1.74. The van der Waals surface area contributed by atoms with Gasteiger partial charge in [-0.2, -0.15) is 13.2 Å². The molecule has 0 unspecified atom stereocenters. The van der Waals surface area contributed by atoms with Gasteiger partial charge in [0.2, 0.25) is 0 Å². The number of aromatic nitrogens is 2. The fourth-order valence-corrected chi connectivity index (χ4v) is 2.29. The van der Waals surface area contributed by atoms with E-state index < -0.39 is 23.7 Å². The summed E-state index contributed by atoms with van der Waals surface area (Å²) >= 11 is 1.38. The highest BCUT2D eigenvalue weighted by Gasteiger charge is 2.32. The second kappa shape index (κ2) is 6.73. The minimum atomic E-state index is -4.56. The summed E-state index contributed by atoms with van der Waals surface area (Å²) in [7, 11) is 0. The SMILES string of the molecule is Cc1ncc(CNC(=O)C(=O)Nc2ccc(C(F)(F)F)nc2)s1. The Bertz CT molecular complexity index is 713. The largest absolute Gasteiger partial charge is 0.433 e. The molecule has 0 fully saturated rings. The minimum absolute atomic E-state index is 0.00761. The van der Waals surface area contributed by atoms with Gasteiger partial charge in [0.1, 0.15) is 5.69 Å². The van der Waals surface area contributed by atoms with E-state index in [1.807, 2.05) is 0 Å². The van der Waals surface area contributed by atoms with Crippen molar-refractivity contribution in [1.82, 2.24) is 15.3 Å². The third-order valence-electron chi connectivity index (χ3n) is 2.61. The van der Waals surface area contributed by atoms with Gasteiger partial charge < -0.3 is 10.6 Å². The molecule has 2 heterocycles. The van der Waals surface area contributed by atoms with Gasteiger partial charge in [-0.25, -0.2) is 9.97 Å². The predicted octanol–water partition coefficient (Wildman–Crippen LogP) is 2.12. The number of carbonyl (C=O) groups is 2. The van der Waals surface area contributed by atoms with Crippen molar-refractivity contribution in [3.8, 4) is 0 Å². The molecule has 2 aromatic rings. The molecular weight excluding hydrogens is 333 g/mol. The van der Waals surface area contributed by atoms with Crippen LogP contribution in [0.15, 0.2) is 24.5 Å². The Hall–Kier alpha value is -2.49. The first-order chi connectivity index (χ1) is 10.8. The van der Waals surface area contributed by atoms with Gasteiger partial charge in [-0.3, -0.25) is 9.59 Å². The topological polar surface area (TPSA) is 84.0 Å². The number of hydrogen-bond donors (Lipinski definition) is 2. The number of alkyl halides is 3. The van der Waals surface area contributed by atoms with E-state index in [2.05, 4.69) is 20.6 Å². The van der Waals surface area contributed by atoms with Gasteiger partial charge in [-0.1, -0.05) is 0 Å². The van der Waals surface area contributed by atoms with Crippen LogP contribution < -0.4 is 10.6 Å². The lowest BCUT2D eigenvalue weighted by atomic mass is 10.3. The molecular formula is C13H11F3N4O2S. The zero-order chi connectivity index (χ0) is 17.0. The second-order valence-electron chi connectivity index (χ2n) is 4.41. The predicted molar refractivity (Wildman–Crippen MR) is 76.6 cm³/mol. The maximum atomic E-state index is 12.4. The molecule has 122 valence electrons. The molecule has 0 aliphatic heterocycles. The van der Waals surface area contributed by atoms with Crippen LogP contribution in [-0.4, -0.2) is 21.8 Å². The van der Waals surface area contributed by atoms with Crippen molar-refractivity contribution in [2.24, 2.45) is 0 Å². The van der Waals surface area contributed by atoms with E-state index in [-0.39, 0.29) is 12.2 Å². The van der Waals surface area contributed by atoms with Crippen LogP contribution >= 0.6 is 11.3 Å². The lowest BCUT2D eigenvalue weighted by Gasteiger charge is -2.08. The van der Waals surface area contributed by atoms with Gasteiger partial charge in [0.25, 0.3) is 0 Å². The Morgan fingerprint density at radius 2 is 1.91 bits per heavy atom. The van der Waals surface area contributed by atoms with Crippen LogP contribution in [0.25, 0.3) is 0 Å². The second-order valence-corrected chi connectivity index (χ2v) is 5.73. The monoisotopic (exact) mass is 344 g/mol. The number of carbonyl (C=O) groups excluding carboxylic acids is 2. The number of pyridine rings is 1. The number of thiazole rings is 1. The summed E-state index contributed by atoms with van der Waals surface area (Å²) in [6.07, 6.45) is -2.15. The molecule has 10 heteroatoms. The van der Waals surface area contributed by atoms with Crippen molar-refractivity contribution < 1.29 is 22.8 Å². The fourth-order valence-electron chi connectivity index (χ4n) is 1.56. The number of nitrogens with one attached hydrogen (secondary N) is 2. The maximum Gasteiger partial charge on any atom is 0.433 e. The number of rotatable bonds is 3. The summed E-state index contributed by atoms with van der Waals surface area (Å²) in [5.41, 5.74) is -1.09. The third-order valence-corrected chi connectivity index (χ3v) is 3.52. The van der Waals surface area contributed by atoms with E-state index in [4.69, 9.17) is 0 Å². The van der Waals surface area contributed by atoms with Crippen LogP contribution in [0, 0.1) is 6.92 Å². The summed E-state index contributed by atoms with van der Waals surface area (Å²) in [6.45, 7) is 1.95. The number of hydrogen-bond acceptors (Lipinski definition) is 5. The molecule has 0 aliphatic rings. The summed E-state index contributed by atoms with van der Waals surface area (Å²) in [5, 5.41) is 5.38. The van der Waals surface area contributed by atoms with Crippen LogP contribution in [0.1, 0.15) is 15.6 Å². The van der Waals surface area contributed by atoms with Gasteiger partial charge in [0.15, 0.2) is 0 Å². The molecule has 2 N–H and O–H groups in total. The smallest absolute Gasteiger partial charge is 0.343 e. The van der Waals surface area contributed by atoms with E-state index in [0.717, 1.165) is 22.1 Å². The first-order valence-electron chi connectivity index (χ1n) is 6.29. The van der Waals surface area contributed by atoms with Crippen molar-refractivity contribution in [1.29, 1.82) is 0 Å². The van der Waals surface area contributed by atoms with Gasteiger partial charge in [-0.05, 0) is 19.1 Å². The number of nitrogens with zero attached hydrogens (tertiary/aromatic N) is 2. The van der Waals surface area contributed by atoms with Crippen LogP contribution in [0.2, 0.25) is 0 Å². The number of amides is 2. The molecule has 0 aromatic carbocycles. The number of halogens is 3. The maximum absolute atomic E-state index is 12.4. The zero-order valence-corrected chi connectivity index (χ0v) is 12.6. The summed E-state index contributed by atoms with van der Waals surface area (Å²) < 4.78 is 37.1. The van der Waals surface area contributed by atoms with Crippen LogP contribution in [0.4, 0.5) is 18.9 Å². The highest BCUT2D eigenvalue weighted by atomic mass is 32.1. The van der Waals surface area contributed by atoms with Crippen molar-refractivity contribution in [3.63, 3.8) is 0 Å². The molecule has 0 aliphatic carbocycles. The van der Waals surface area contributed by atoms with Crippen molar-refractivity contribution in [2.75, 3.05) is 5.32 Å². The number of anilines is 1. The van der Waals surface area contributed by atoms with Gasteiger partial charge >= 0.3 is 18.0 Å². The van der Waals surface area contributed by atoms with E-state index in [9.17, 15) is 22.8 Å². The Balaban J connectivity index is 1.89. The van der Waals surface area contributed by atoms with Crippen molar-refractivity contribution in [3.05, 3.63) is 40.1 Å². The standard InChI is InChI=1S/C13H11F3N4O2S/c1-7-17-5-9(23-7)6-19-11(21)12(22)20-8-2-3-10(18-4-8)13(14,15)16/h2-5H,6H2,1H3,(H,19,21)(H,20,22). The van der Waals surface area contributed by atoms with E-state index in [1.165, 1.54) is 11.3 Å². The average molecular weight is 344 g/mol. The number of aryl methyl sites for hydroxylation is 1. The Labute approximate surface area is 132 Å². The highest BCUT2D eigenvalue weighted by Crippen LogP contribution is 2.27. The van der Waals surface area contributed by atoms with Crippen LogP contribution in [0.5, 0.6) is 0 Å². The lowest BCUT2D eigenvalue weighted by molar-refractivity contribution is -0.141. The molecule has 0 radical (unpaired) electrons. The fraction of sp³-hybridized carbons (Fsp3) is 0.231. The van der Waals surface area contributed by atoms with Crippen molar-refractivity contribution >= 4 is 28.8 Å². The molecule has 0 bridgehead atoms. The molecule has 6 nitrogen and oxygen atoms in total. The van der Waals surface area contributed by atoms with Gasteiger partial charge in [0, 0.05) is 11.1 Å². The van der Waals surface area contributed by atoms with Gasteiger partial charge in [-0.15, -0.1) is 11.3 Å². The zero-order valence-electron chi connectivity index (χ0n) is 11.8. The molecule has 23 heavy (non-hydrogen) atoms. The summed E-state index contributed by atoms with van der Waals surface area (Å²) in [4.78, 5) is 31.2. The lowest BCUT2D eigenvalue weighted by Crippen LogP contribution is -2.34. The Morgan fingerprint density at radius 3 is 2.43 bits per heavy atom. The normalized spacial score (nSPS) is 11.1. The van der Waals surface area contributed by atoms with Crippen molar-refractivity contribution in [2.45, 2.75) is 19.6 Å². The molecule has 0 saturated carbocycles. The van der Waals surface area contributed by atoms with Crippen LogP contribution in [0.3, 0.4) is 0 Å². The van der Waals surface area contributed by atoms with Gasteiger partial charge in [0.05, 0.1) is 23.4 Å². The molecule has 2 rings (SSSR count). The quantitative estimate of drug-likeness (QED) is 0.836. The highest BCUT2D eigenvalue weighted by molar-refractivity contribution is 7.11. The van der Waals surface area contributed by atoms with E-state index >= 15 is 0 Å². The van der Waals surface area contributed by atoms with Crippen LogP contribution in [-0.2, 0) is 22.3 Å². The molecule has 0 saturated heterocycles. The molecule has 0 spiro atoms. The van der Waals surface area contributed by atoms with E-state index in [1.54, 1.807) is 13.1 Å². The average Bonchev–Trinajstić information content (AvgIpc) is 2.90. The first-order valence-corrected chi connectivity index (χ1v) is 7.11. The Kier molecular flexibility index (Phi) is 4.94. The molecule has 2 amide bonds. The Morgan fingerprint density at radius 1 is 1.17 bits per heavy atom. The van der Waals surface area contributed by atoms with E-state index in [0.29, 0.717) is 6.07 Å². The third kappa shape index (κ3) is 4.74. The molecule has 0 atom stereocenters. The summed E-state index contributed by atoms with van der Waals surface area (Å²) in [5.74, 6) is -1.90. The molecule has 2 aromatic heterocycles.